The molecule has 19 heavy (non-hydrogen) atoms. The van der Waals surface area contributed by atoms with Crippen molar-refractivity contribution >= 4 is 10.0 Å². The Morgan fingerprint density at radius 1 is 1.16 bits per heavy atom. The normalized spacial score (nSPS) is 17.5. The monoisotopic (exact) mass is 285 g/mol. The van der Waals surface area contributed by atoms with E-state index in [4.69, 9.17) is 9.84 Å². The topological polar surface area (TPSA) is 66.8 Å². The molecule has 0 aliphatic carbocycles. The van der Waals surface area contributed by atoms with Gasteiger partial charge in [-0.2, -0.15) is 4.31 Å². The van der Waals surface area contributed by atoms with Gasteiger partial charge in [0.1, 0.15) is 0 Å². The number of aliphatic hydroxyl groups excluding tert-OH is 1. The van der Waals surface area contributed by atoms with Gasteiger partial charge in [0.15, 0.2) is 0 Å². The number of aryl methyl sites for hydroxylation is 1. The van der Waals surface area contributed by atoms with Crippen LogP contribution in [0.4, 0.5) is 0 Å². The lowest BCUT2D eigenvalue weighted by Crippen LogP contribution is -2.40. The highest BCUT2D eigenvalue weighted by Gasteiger charge is 2.25. The van der Waals surface area contributed by atoms with E-state index >= 15 is 0 Å². The highest BCUT2D eigenvalue weighted by molar-refractivity contribution is 7.89. The number of morpholine rings is 1. The lowest BCUT2D eigenvalue weighted by Gasteiger charge is -2.26. The summed E-state index contributed by atoms with van der Waals surface area (Å²) in [7, 11) is -3.40. The molecule has 0 saturated carbocycles. The van der Waals surface area contributed by atoms with Crippen molar-refractivity contribution in [2.75, 3.05) is 32.9 Å². The lowest BCUT2D eigenvalue weighted by atomic mass is 10.1. The van der Waals surface area contributed by atoms with Gasteiger partial charge < -0.3 is 9.84 Å². The van der Waals surface area contributed by atoms with Gasteiger partial charge in [-0.25, -0.2) is 8.42 Å². The summed E-state index contributed by atoms with van der Waals surface area (Å²) in [6.07, 6.45) is 1.45. The highest BCUT2D eigenvalue weighted by Crippen LogP contribution is 2.18. The first-order chi connectivity index (χ1) is 9.14. The van der Waals surface area contributed by atoms with Crippen LogP contribution in [0.2, 0.25) is 0 Å². The fraction of sp³-hybridized carbons (Fsp3) is 0.538. The van der Waals surface area contributed by atoms with E-state index in [1.165, 1.54) is 4.31 Å². The average molecular weight is 285 g/mol. The molecule has 1 N–H and O–H groups in total. The first-order valence-corrected chi connectivity index (χ1v) is 7.86. The number of sulfonamides is 1. The molecule has 0 spiro atoms. The number of rotatable bonds is 5. The van der Waals surface area contributed by atoms with Crippen LogP contribution in [0.3, 0.4) is 0 Å². The Kier molecular flexibility index (Phi) is 4.93. The molecule has 1 saturated heterocycles. The van der Waals surface area contributed by atoms with Gasteiger partial charge in [-0.05, 0) is 30.5 Å². The minimum absolute atomic E-state index is 0.147. The van der Waals surface area contributed by atoms with Gasteiger partial charge in [0.2, 0.25) is 10.0 Å². The number of ether oxygens (including phenoxy) is 1. The van der Waals surface area contributed by atoms with Crippen LogP contribution in [0.15, 0.2) is 29.2 Å². The minimum Gasteiger partial charge on any atom is -0.396 e. The third-order valence-electron chi connectivity index (χ3n) is 3.15. The van der Waals surface area contributed by atoms with E-state index in [1.54, 1.807) is 12.1 Å². The third-order valence-corrected chi connectivity index (χ3v) is 5.07. The molecule has 106 valence electrons. The van der Waals surface area contributed by atoms with Crippen molar-refractivity contribution in [3.63, 3.8) is 0 Å². The van der Waals surface area contributed by atoms with Gasteiger partial charge in [-0.3, -0.25) is 0 Å². The number of hydrogen-bond donors (Lipinski definition) is 1. The van der Waals surface area contributed by atoms with E-state index in [0.29, 0.717) is 37.6 Å². The van der Waals surface area contributed by atoms with Crippen LogP contribution in [0.25, 0.3) is 0 Å². The number of hydrogen-bond acceptors (Lipinski definition) is 4. The second-order valence-corrected chi connectivity index (χ2v) is 6.43. The van der Waals surface area contributed by atoms with Gasteiger partial charge >= 0.3 is 0 Å². The lowest BCUT2D eigenvalue weighted by molar-refractivity contribution is 0.0730. The molecule has 1 aromatic rings. The maximum atomic E-state index is 12.3. The molecule has 1 fully saturated rings. The van der Waals surface area contributed by atoms with Gasteiger partial charge in [-0.15, -0.1) is 0 Å². The molecule has 0 bridgehead atoms. The van der Waals surface area contributed by atoms with Crippen LogP contribution in [-0.2, 0) is 21.2 Å². The third kappa shape index (κ3) is 3.54. The van der Waals surface area contributed by atoms with Crippen LogP contribution < -0.4 is 0 Å². The molecular weight excluding hydrogens is 266 g/mol. The molecule has 0 amide bonds. The molecule has 0 atom stereocenters. The Hall–Kier alpha value is -0.950. The molecule has 1 aliphatic heterocycles. The van der Waals surface area contributed by atoms with Gasteiger partial charge in [0, 0.05) is 19.7 Å². The van der Waals surface area contributed by atoms with E-state index in [1.807, 2.05) is 12.1 Å². The molecule has 5 nitrogen and oxygen atoms in total. The molecule has 2 rings (SSSR count). The Morgan fingerprint density at radius 2 is 1.79 bits per heavy atom. The number of aliphatic hydroxyl groups is 1. The molecular formula is C13H19NO4S. The van der Waals surface area contributed by atoms with Crippen LogP contribution >= 0.6 is 0 Å². The van der Waals surface area contributed by atoms with Crippen molar-refractivity contribution in [1.29, 1.82) is 0 Å². The number of nitrogens with zero attached hydrogens (tertiary/aromatic N) is 1. The molecule has 0 radical (unpaired) electrons. The maximum Gasteiger partial charge on any atom is 0.243 e. The summed E-state index contributed by atoms with van der Waals surface area (Å²) in [5.74, 6) is 0. The fourth-order valence-electron chi connectivity index (χ4n) is 2.05. The summed E-state index contributed by atoms with van der Waals surface area (Å²) in [6.45, 7) is 1.87. The first-order valence-electron chi connectivity index (χ1n) is 6.42. The Morgan fingerprint density at radius 3 is 2.37 bits per heavy atom. The molecule has 0 aromatic heterocycles. The summed E-state index contributed by atoms with van der Waals surface area (Å²) < 4.78 is 31.3. The Labute approximate surface area is 113 Å². The van der Waals surface area contributed by atoms with Crippen molar-refractivity contribution in [1.82, 2.24) is 4.31 Å². The van der Waals surface area contributed by atoms with Gasteiger partial charge in [0.05, 0.1) is 18.1 Å². The van der Waals surface area contributed by atoms with Gasteiger partial charge in [-0.1, -0.05) is 12.1 Å². The zero-order chi connectivity index (χ0) is 13.7. The highest BCUT2D eigenvalue weighted by atomic mass is 32.2. The smallest absolute Gasteiger partial charge is 0.243 e. The van der Waals surface area contributed by atoms with Crippen LogP contribution in [-0.4, -0.2) is 50.7 Å². The predicted molar refractivity (Wildman–Crippen MR) is 71.4 cm³/mol. The average Bonchev–Trinajstić information content (AvgIpc) is 2.46. The zero-order valence-electron chi connectivity index (χ0n) is 10.8. The van der Waals surface area contributed by atoms with E-state index in [0.717, 1.165) is 12.0 Å². The molecule has 1 aromatic carbocycles. The summed E-state index contributed by atoms with van der Waals surface area (Å²) in [6, 6.07) is 6.89. The van der Waals surface area contributed by atoms with Gasteiger partial charge in [0.25, 0.3) is 0 Å². The Bertz CT molecular complexity index is 492. The van der Waals surface area contributed by atoms with Crippen LogP contribution in [0.5, 0.6) is 0 Å². The van der Waals surface area contributed by atoms with E-state index in [2.05, 4.69) is 0 Å². The molecule has 0 unspecified atom stereocenters. The van der Waals surface area contributed by atoms with E-state index in [-0.39, 0.29) is 6.61 Å². The standard InChI is InChI=1S/C13H19NO4S/c15-9-1-2-12-3-5-13(6-4-12)19(16,17)14-7-10-18-11-8-14/h3-6,15H,1-2,7-11H2. The van der Waals surface area contributed by atoms with Crippen molar-refractivity contribution < 1.29 is 18.3 Å². The molecule has 6 heteroatoms. The maximum absolute atomic E-state index is 12.3. The van der Waals surface area contributed by atoms with E-state index in [9.17, 15) is 8.42 Å². The quantitative estimate of drug-likeness (QED) is 0.862. The fourth-order valence-corrected chi connectivity index (χ4v) is 3.46. The summed E-state index contributed by atoms with van der Waals surface area (Å²) in [4.78, 5) is 0.321. The molecule has 1 heterocycles. The first kappa shape index (κ1) is 14.5. The van der Waals surface area contributed by atoms with Crippen molar-refractivity contribution in [2.45, 2.75) is 17.7 Å². The molecule has 1 aliphatic rings. The second-order valence-electron chi connectivity index (χ2n) is 4.49. The summed E-state index contributed by atoms with van der Waals surface area (Å²) in [5.41, 5.74) is 1.04. The van der Waals surface area contributed by atoms with Crippen molar-refractivity contribution in [2.24, 2.45) is 0 Å². The van der Waals surface area contributed by atoms with Crippen molar-refractivity contribution in [3.8, 4) is 0 Å². The van der Waals surface area contributed by atoms with Crippen LogP contribution in [0, 0.1) is 0 Å². The summed E-state index contributed by atoms with van der Waals surface area (Å²) in [5, 5.41) is 8.77. The van der Waals surface area contributed by atoms with E-state index < -0.39 is 10.0 Å². The van der Waals surface area contributed by atoms with Crippen LogP contribution in [0.1, 0.15) is 12.0 Å². The second kappa shape index (κ2) is 6.47. The largest absolute Gasteiger partial charge is 0.396 e. The number of benzene rings is 1. The zero-order valence-corrected chi connectivity index (χ0v) is 11.6. The minimum atomic E-state index is -3.40. The predicted octanol–water partition coefficient (Wildman–Crippen LogP) is 0.632. The Balaban J connectivity index is 2.11. The summed E-state index contributed by atoms with van der Waals surface area (Å²) >= 11 is 0. The van der Waals surface area contributed by atoms with Crippen molar-refractivity contribution in [3.05, 3.63) is 29.8 Å². The SMILES string of the molecule is O=S(=O)(c1ccc(CCCO)cc1)N1CCOCC1.